The number of aliphatic hydroxyl groups excluding tert-OH is 1. The fourth-order valence-electron chi connectivity index (χ4n) is 4.52. The van der Waals surface area contributed by atoms with Crippen LogP contribution in [0.5, 0.6) is 5.75 Å². The zero-order chi connectivity index (χ0) is 23.5. The molecule has 33 heavy (non-hydrogen) atoms. The van der Waals surface area contributed by atoms with Crippen LogP contribution >= 0.6 is 11.8 Å². The van der Waals surface area contributed by atoms with E-state index in [2.05, 4.69) is 4.98 Å². The van der Waals surface area contributed by atoms with Crippen LogP contribution < -0.4 is 10.3 Å². The molecule has 0 spiro atoms. The number of rotatable bonds is 13. The Morgan fingerprint density at radius 1 is 1.18 bits per heavy atom. The molecule has 0 bridgehead atoms. The fourth-order valence-corrected chi connectivity index (χ4v) is 4.92. The van der Waals surface area contributed by atoms with Gasteiger partial charge in [-0.25, -0.2) is 0 Å². The maximum atomic E-state index is 13.0. The number of unbranched alkanes of at least 4 members (excludes halogenated alkanes) is 1. The van der Waals surface area contributed by atoms with E-state index in [0.29, 0.717) is 18.9 Å². The smallest absolute Gasteiger partial charge is 0.248 e. The molecule has 1 amide bonds. The number of ether oxygens (including phenoxy) is 1. The van der Waals surface area contributed by atoms with Gasteiger partial charge < -0.3 is 19.7 Å². The number of pyridine rings is 1. The summed E-state index contributed by atoms with van der Waals surface area (Å²) >= 11 is 1.46. The van der Waals surface area contributed by atoms with Crippen molar-refractivity contribution in [1.82, 2.24) is 9.88 Å². The van der Waals surface area contributed by atoms with Crippen LogP contribution in [0.1, 0.15) is 64.2 Å². The lowest BCUT2D eigenvalue weighted by molar-refractivity contribution is -0.132. The van der Waals surface area contributed by atoms with Gasteiger partial charge in [0.15, 0.2) is 0 Å². The number of aromatic nitrogens is 1. The third-order valence-electron chi connectivity index (χ3n) is 6.46. The summed E-state index contributed by atoms with van der Waals surface area (Å²) in [6.45, 7) is 2.16. The third kappa shape index (κ3) is 8.70. The maximum absolute atomic E-state index is 13.0. The Morgan fingerprint density at radius 3 is 2.79 bits per heavy atom. The van der Waals surface area contributed by atoms with Gasteiger partial charge in [-0.2, -0.15) is 0 Å². The number of aliphatic hydroxyl groups is 1. The van der Waals surface area contributed by atoms with Crippen LogP contribution in [0.4, 0.5) is 0 Å². The first kappa shape index (κ1) is 25.6. The van der Waals surface area contributed by atoms with Crippen LogP contribution in [0.15, 0.2) is 35.1 Å². The van der Waals surface area contributed by atoms with Crippen molar-refractivity contribution in [2.75, 3.05) is 26.0 Å². The van der Waals surface area contributed by atoms with Crippen molar-refractivity contribution in [3.63, 3.8) is 0 Å². The molecule has 182 valence electrons. The normalized spacial score (nSPS) is 15.5. The molecule has 3 rings (SSSR count). The lowest BCUT2D eigenvalue weighted by Crippen LogP contribution is -2.37. The highest BCUT2D eigenvalue weighted by atomic mass is 32.2. The minimum atomic E-state index is -0.343. The van der Waals surface area contributed by atoms with Crippen LogP contribution in [-0.4, -0.2) is 52.3 Å². The monoisotopic (exact) mass is 474 g/mol. The molecule has 2 aromatic rings. The summed E-state index contributed by atoms with van der Waals surface area (Å²) in [5, 5.41) is 10.8. The molecule has 1 unspecified atom stereocenters. The second-order valence-electron chi connectivity index (χ2n) is 9.05. The molecule has 0 aliphatic heterocycles. The summed E-state index contributed by atoms with van der Waals surface area (Å²) in [5.74, 6) is 1.63. The van der Waals surface area contributed by atoms with Crippen molar-refractivity contribution in [2.45, 2.75) is 69.6 Å². The number of hydrogen-bond donors (Lipinski definition) is 2. The van der Waals surface area contributed by atoms with E-state index in [1.165, 1.54) is 49.9 Å². The quantitative estimate of drug-likeness (QED) is 0.317. The Kier molecular flexibility index (Phi) is 10.6. The first-order chi connectivity index (χ1) is 16.0. The number of carbonyl (C=O) groups excluding carboxylic acids is 1. The fraction of sp³-hybridized carbons (Fsp3) is 0.615. The third-order valence-corrected chi connectivity index (χ3v) is 7.24. The number of fused-ring (bicyclic) bond motifs is 1. The number of H-pyrrole nitrogens is 1. The molecule has 1 aromatic heterocycles. The summed E-state index contributed by atoms with van der Waals surface area (Å²) in [6.07, 6.45) is 12.0. The largest absolute Gasteiger partial charge is 0.494 e. The minimum Gasteiger partial charge on any atom is -0.494 e. The molecule has 0 saturated heterocycles. The molecule has 1 fully saturated rings. The van der Waals surface area contributed by atoms with Crippen molar-refractivity contribution in [3.8, 4) is 5.75 Å². The minimum absolute atomic E-state index is 0.112. The molecule has 1 atom stereocenters. The predicted molar refractivity (Wildman–Crippen MR) is 136 cm³/mol. The van der Waals surface area contributed by atoms with E-state index in [0.717, 1.165) is 55.4 Å². The van der Waals surface area contributed by atoms with Crippen LogP contribution in [-0.2, 0) is 4.79 Å². The second kappa shape index (κ2) is 13.7. The van der Waals surface area contributed by atoms with Crippen LogP contribution in [0.2, 0.25) is 0 Å². The molecular formula is C26H38N2O4S. The number of aromatic amines is 1. The van der Waals surface area contributed by atoms with Crippen molar-refractivity contribution in [2.24, 2.45) is 5.92 Å². The summed E-state index contributed by atoms with van der Waals surface area (Å²) in [4.78, 5) is 29.2. The lowest BCUT2D eigenvalue weighted by Gasteiger charge is -2.30. The molecule has 1 aliphatic rings. The van der Waals surface area contributed by atoms with Crippen molar-refractivity contribution >= 4 is 28.6 Å². The Labute approximate surface area is 201 Å². The molecule has 1 heterocycles. The summed E-state index contributed by atoms with van der Waals surface area (Å²) in [5.41, 5.74) is 0.339. The SMILES string of the molecule is CSC(O)CCCN(CC1CCCCC1)C(=O)CCCCOc1ccc2[nH]c(=O)ccc2c1. The van der Waals surface area contributed by atoms with Gasteiger partial charge in [-0.05, 0) is 75.0 Å². The standard InChI is InChI=1S/C26H38N2O4S/c1-33-26(31)11-7-16-28(19-20-8-3-2-4-9-20)25(30)10-5-6-17-32-22-13-14-23-21(18-22)12-15-24(29)27-23/h12-15,18,20,26,31H,2-11,16-17,19H2,1H3,(H,27,29). The number of nitrogens with zero attached hydrogens (tertiary/aromatic N) is 1. The Morgan fingerprint density at radius 2 is 2.00 bits per heavy atom. The number of carbonyl (C=O) groups is 1. The molecule has 1 saturated carbocycles. The average molecular weight is 475 g/mol. The Bertz CT molecular complexity index is 926. The Hall–Kier alpha value is -1.99. The number of benzene rings is 1. The zero-order valence-corrected chi connectivity index (χ0v) is 20.6. The van der Waals surface area contributed by atoms with Crippen LogP contribution in [0, 0.1) is 5.92 Å². The molecule has 1 aromatic carbocycles. The van der Waals surface area contributed by atoms with Gasteiger partial charge in [-0.3, -0.25) is 9.59 Å². The summed E-state index contributed by atoms with van der Waals surface area (Å²) in [7, 11) is 0. The maximum Gasteiger partial charge on any atom is 0.248 e. The average Bonchev–Trinajstić information content (AvgIpc) is 2.83. The predicted octanol–water partition coefficient (Wildman–Crippen LogP) is 4.95. The van der Waals surface area contributed by atoms with E-state index in [-0.39, 0.29) is 16.9 Å². The number of nitrogens with one attached hydrogen (secondary N) is 1. The van der Waals surface area contributed by atoms with Gasteiger partial charge in [0.1, 0.15) is 5.75 Å². The highest BCUT2D eigenvalue weighted by Crippen LogP contribution is 2.25. The van der Waals surface area contributed by atoms with Gasteiger partial charge in [0, 0.05) is 36.5 Å². The number of thioether (sulfide) groups is 1. The van der Waals surface area contributed by atoms with E-state index in [1.807, 2.05) is 29.4 Å². The van der Waals surface area contributed by atoms with E-state index in [4.69, 9.17) is 4.74 Å². The van der Waals surface area contributed by atoms with Gasteiger partial charge in [-0.15, -0.1) is 11.8 Å². The van der Waals surface area contributed by atoms with Crippen LogP contribution in [0.3, 0.4) is 0 Å². The van der Waals surface area contributed by atoms with Crippen molar-refractivity contribution in [1.29, 1.82) is 0 Å². The van der Waals surface area contributed by atoms with Crippen molar-refractivity contribution in [3.05, 3.63) is 40.7 Å². The first-order valence-corrected chi connectivity index (χ1v) is 13.6. The van der Waals surface area contributed by atoms with E-state index in [9.17, 15) is 14.7 Å². The van der Waals surface area contributed by atoms with Crippen LogP contribution in [0.25, 0.3) is 10.9 Å². The molecule has 1 aliphatic carbocycles. The second-order valence-corrected chi connectivity index (χ2v) is 10.1. The molecule has 0 radical (unpaired) electrons. The Balaban J connectivity index is 1.42. The molecule has 2 N–H and O–H groups in total. The summed E-state index contributed by atoms with van der Waals surface area (Å²) in [6, 6.07) is 8.94. The topological polar surface area (TPSA) is 82.6 Å². The molecule has 7 heteroatoms. The number of hydrogen-bond acceptors (Lipinski definition) is 5. The first-order valence-electron chi connectivity index (χ1n) is 12.3. The highest BCUT2D eigenvalue weighted by molar-refractivity contribution is 7.99. The lowest BCUT2D eigenvalue weighted by atomic mass is 9.89. The molecule has 6 nitrogen and oxygen atoms in total. The number of amides is 1. The van der Waals surface area contributed by atoms with E-state index in [1.54, 1.807) is 6.07 Å². The van der Waals surface area contributed by atoms with Gasteiger partial charge in [0.2, 0.25) is 11.5 Å². The van der Waals surface area contributed by atoms with Gasteiger partial charge in [0.05, 0.1) is 12.0 Å². The van der Waals surface area contributed by atoms with E-state index >= 15 is 0 Å². The van der Waals surface area contributed by atoms with Gasteiger partial charge >= 0.3 is 0 Å². The highest BCUT2D eigenvalue weighted by Gasteiger charge is 2.20. The zero-order valence-electron chi connectivity index (χ0n) is 19.8. The summed E-state index contributed by atoms with van der Waals surface area (Å²) < 4.78 is 5.86. The van der Waals surface area contributed by atoms with E-state index < -0.39 is 0 Å². The van der Waals surface area contributed by atoms with Gasteiger partial charge in [-0.1, -0.05) is 19.3 Å². The van der Waals surface area contributed by atoms with Gasteiger partial charge in [0.25, 0.3) is 0 Å². The molecular weight excluding hydrogens is 436 g/mol. The van der Waals surface area contributed by atoms with Crippen molar-refractivity contribution < 1.29 is 14.6 Å².